The fraction of sp³-hybridized carbons (Fsp3) is 0.238. The molecule has 0 atom stereocenters. The summed E-state index contributed by atoms with van der Waals surface area (Å²) >= 11 is 0. The molecule has 1 aliphatic rings. The summed E-state index contributed by atoms with van der Waals surface area (Å²) < 4.78 is 29.0. The Morgan fingerprint density at radius 2 is 1.71 bits per heavy atom. The van der Waals surface area contributed by atoms with Crippen molar-refractivity contribution in [2.24, 2.45) is 0 Å². The molecule has 0 radical (unpaired) electrons. The molecule has 1 heterocycles. The molecule has 0 amide bonds. The molecule has 148 valence electrons. The average Bonchev–Trinajstić information content (AvgIpc) is 2.66. The van der Waals surface area contributed by atoms with Crippen LogP contribution >= 0.6 is 12.4 Å². The molecule has 0 fully saturated rings. The molecule has 0 aromatic heterocycles. The first-order valence-corrected chi connectivity index (χ1v) is 10.5. The van der Waals surface area contributed by atoms with Crippen LogP contribution < -0.4 is 14.9 Å². The van der Waals surface area contributed by atoms with Gasteiger partial charge in [0.05, 0.1) is 4.90 Å². The number of rotatable bonds is 4. The van der Waals surface area contributed by atoms with E-state index in [-0.39, 0.29) is 12.4 Å². The van der Waals surface area contributed by atoms with Gasteiger partial charge in [-0.05, 0) is 48.4 Å². The summed E-state index contributed by atoms with van der Waals surface area (Å²) in [6.45, 7) is 1.73. The van der Waals surface area contributed by atoms with E-state index in [2.05, 4.69) is 10.0 Å². The Kier molecular flexibility index (Phi) is 5.84. The molecule has 0 bridgehead atoms. The normalized spacial score (nSPS) is 13.5. The molecule has 1 aliphatic heterocycles. The summed E-state index contributed by atoms with van der Waals surface area (Å²) in [5.41, 5.74) is 4.01. The topological polar surface area (TPSA) is 61.4 Å². The second-order valence-electron chi connectivity index (χ2n) is 7.04. The van der Waals surface area contributed by atoms with Crippen LogP contribution in [-0.4, -0.2) is 29.1 Å². The monoisotopic (exact) mass is 417 g/mol. The van der Waals surface area contributed by atoms with Gasteiger partial charge in [-0.15, -0.1) is 12.4 Å². The minimum atomic E-state index is -3.70. The standard InChI is InChI=1S/C21H23N3O2S.ClH/c1-24(2)20-7-3-6-19-18(20)5-4-8-21(19)27(25,26)23-17-10-9-15-11-12-22-14-16(15)13-17;/h3-10,13,22-23H,11-12,14H2,1-2H3;1H. The van der Waals surface area contributed by atoms with Gasteiger partial charge >= 0.3 is 0 Å². The van der Waals surface area contributed by atoms with Gasteiger partial charge in [0.25, 0.3) is 10.0 Å². The molecule has 5 nitrogen and oxygen atoms in total. The Hall–Kier alpha value is -2.28. The van der Waals surface area contributed by atoms with Crippen LogP contribution in [-0.2, 0) is 23.0 Å². The Balaban J connectivity index is 0.00000225. The van der Waals surface area contributed by atoms with Crippen molar-refractivity contribution in [3.8, 4) is 0 Å². The maximum atomic E-state index is 13.1. The number of nitrogens with one attached hydrogen (secondary N) is 2. The minimum Gasteiger partial charge on any atom is -0.377 e. The van der Waals surface area contributed by atoms with E-state index in [0.717, 1.165) is 41.5 Å². The Bertz CT molecular complexity index is 1110. The first kappa shape index (κ1) is 20.5. The largest absolute Gasteiger partial charge is 0.377 e. The van der Waals surface area contributed by atoms with Crippen LogP contribution in [0.3, 0.4) is 0 Å². The molecule has 0 saturated carbocycles. The third-order valence-corrected chi connectivity index (χ3v) is 6.41. The third kappa shape index (κ3) is 3.81. The number of benzene rings is 3. The maximum Gasteiger partial charge on any atom is 0.262 e. The lowest BCUT2D eigenvalue weighted by Crippen LogP contribution is -2.23. The average molecular weight is 418 g/mol. The minimum absolute atomic E-state index is 0. The van der Waals surface area contributed by atoms with Crippen LogP contribution in [0.5, 0.6) is 0 Å². The molecule has 2 N–H and O–H groups in total. The Morgan fingerprint density at radius 3 is 2.50 bits per heavy atom. The molecule has 3 aromatic rings. The lowest BCUT2D eigenvalue weighted by Gasteiger charge is -2.19. The highest BCUT2D eigenvalue weighted by molar-refractivity contribution is 7.93. The highest BCUT2D eigenvalue weighted by atomic mass is 35.5. The lowest BCUT2D eigenvalue weighted by atomic mass is 10.0. The molecule has 0 spiro atoms. The van der Waals surface area contributed by atoms with E-state index in [1.165, 1.54) is 5.56 Å². The highest BCUT2D eigenvalue weighted by Gasteiger charge is 2.19. The summed E-state index contributed by atoms with van der Waals surface area (Å²) in [4.78, 5) is 2.28. The first-order valence-electron chi connectivity index (χ1n) is 9.00. The number of sulfonamides is 1. The van der Waals surface area contributed by atoms with Gasteiger partial charge < -0.3 is 10.2 Å². The number of nitrogens with zero attached hydrogens (tertiary/aromatic N) is 1. The van der Waals surface area contributed by atoms with Crippen LogP contribution in [0.2, 0.25) is 0 Å². The van der Waals surface area contributed by atoms with E-state index in [1.807, 2.05) is 61.5 Å². The van der Waals surface area contributed by atoms with Crippen molar-refractivity contribution in [1.82, 2.24) is 5.32 Å². The van der Waals surface area contributed by atoms with Crippen LogP contribution in [0.1, 0.15) is 11.1 Å². The van der Waals surface area contributed by atoms with Gasteiger partial charge in [0.15, 0.2) is 0 Å². The maximum absolute atomic E-state index is 13.1. The van der Waals surface area contributed by atoms with Crippen LogP contribution in [0, 0.1) is 0 Å². The number of fused-ring (bicyclic) bond motifs is 2. The van der Waals surface area contributed by atoms with Gasteiger partial charge in [-0.3, -0.25) is 4.72 Å². The van der Waals surface area contributed by atoms with Crippen LogP contribution in [0.4, 0.5) is 11.4 Å². The Morgan fingerprint density at radius 1 is 0.964 bits per heavy atom. The second kappa shape index (κ2) is 7.99. The molecule has 7 heteroatoms. The van der Waals surface area contributed by atoms with E-state index < -0.39 is 10.0 Å². The smallest absolute Gasteiger partial charge is 0.262 e. The van der Waals surface area contributed by atoms with E-state index in [0.29, 0.717) is 10.6 Å². The summed E-state index contributed by atoms with van der Waals surface area (Å²) in [7, 11) is 0.210. The van der Waals surface area contributed by atoms with Gasteiger partial charge in [-0.2, -0.15) is 0 Å². The molecule has 3 aromatic carbocycles. The Labute approximate surface area is 172 Å². The van der Waals surface area contributed by atoms with Gasteiger partial charge in [0.1, 0.15) is 0 Å². The fourth-order valence-corrected chi connectivity index (χ4v) is 4.92. The van der Waals surface area contributed by atoms with E-state index in [1.54, 1.807) is 12.1 Å². The van der Waals surface area contributed by atoms with Gasteiger partial charge in [-0.25, -0.2) is 8.42 Å². The third-order valence-electron chi connectivity index (χ3n) is 4.98. The van der Waals surface area contributed by atoms with Crippen molar-refractivity contribution in [1.29, 1.82) is 0 Å². The van der Waals surface area contributed by atoms with Crippen molar-refractivity contribution in [3.63, 3.8) is 0 Å². The predicted molar refractivity (Wildman–Crippen MR) is 118 cm³/mol. The summed E-state index contributed by atoms with van der Waals surface area (Å²) in [6, 6.07) is 16.9. The van der Waals surface area contributed by atoms with Crippen LogP contribution in [0.15, 0.2) is 59.5 Å². The molecule has 0 saturated heterocycles. The van der Waals surface area contributed by atoms with Crippen molar-refractivity contribution in [2.45, 2.75) is 17.9 Å². The van der Waals surface area contributed by atoms with Gasteiger partial charge in [0, 0.05) is 42.8 Å². The van der Waals surface area contributed by atoms with E-state index in [9.17, 15) is 8.42 Å². The summed E-state index contributed by atoms with van der Waals surface area (Å²) in [5, 5.41) is 4.96. The molecule has 4 rings (SSSR count). The van der Waals surface area contributed by atoms with Gasteiger partial charge in [0.2, 0.25) is 0 Å². The summed E-state index contributed by atoms with van der Waals surface area (Å²) in [6.07, 6.45) is 0.971. The predicted octanol–water partition coefficient (Wildman–Crippen LogP) is 3.77. The van der Waals surface area contributed by atoms with Crippen molar-refractivity contribution in [3.05, 3.63) is 65.7 Å². The van der Waals surface area contributed by atoms with Crippen LogP contribution in [0.25, 0.3) is 10.8 Å². The second-order valence-corrected chi connectivity index (χ2v) is 8.69. The molecule has 0 unspecified atom stereocenters. The number of anilines is 2. The highest BCUT2D eigenvalue weighted by Crippen LogP contribution is 2.31. The number of hydrogen-bond acceptors (Lipinski definition) is 4. The van der Waals surface area contributed by atoms with Gasteiger partial charge in [-0.1, -0.05) is 30.3 Å². The SMILES string of the molecule is CN(C)c1cccc2c(S(=O)(=O)Nc3ccc4c(c3)CNCC4)cccc12.Cl. The van der Waals surface area contributed by atoms with E-state index in [4.69, 9.17) is 0 Å². The van der Waals surface area contributed by atoms with E-state index >= 15 is 0 Å². The summed E-state index contributed by atoms with van der Waals surface area (Å²) in [5.74, 6) is 0. The number of hydrogen-bond donors (Lipinski definition) is 2. The molecule has 28 heavy (non-hydrogen) atoms. The quantitative estimate of drug-likeness (QED) is 0.678. The molecular weight excluding hydrogens is 394 g/mol. The zero-order valence-electron chi connectivity index (χ0n) is 15.9. The van der Waals surface area contributed by atoms with Crippen molar-refractivity contribution in [2.75, 3.05) is 30.3 Å². The molecule has 0 aliphatic carbocycles. The lowest BCUT2D eigenvalue weighted by molar-refractivity contribution is 0.602. The first-order chi connectivity index (χ1) is 13.0. The molecular formula is C21H24ClN3O2S. The van der Waals surface area contributed by atoms with Crippen molar-refractivity contribution < 1.29 is 8.42 Å². The zero-order valence-corrected chi connectivity index (χ0v) is 17.5. The zero-order chi connectivity index (χ0) is 19.0. The number of halogens is 1. The van der Waals surface area contributed by atoms with Crippen molar-refractivity contribution >= 4 is 44.6 Å². The fourth-order valence-electron chi connectivity index (χ4n) is 3.64.